The third-order valence-corrected chi connectivity index (χ3v) is 5.53. The van der Waals surface area contributed by atoms with Gasteiger partial charge in [0.1, 0.15) is 35.8 Å². The van der Waals surface area contributed by atoms with Crippen LogP contribution in [0.1, 0.15) is 10.4 Å². The Morgan fingerprint density at radius 1 is 1.00 bits per heavy atom. The molecule has 0 radical (unpaired) electrons. The van der Waals surface area contributed by atoms with E-state index in [0.717, 1.165) is 22.5 Å². The lowest BCUT2D eigenvalue weighted by atomic mass is 10.1. The van der Waals surface area contributed by atoms with Gasteiger partial charge in [-0.2, -0.15) is 13.2 Å². The second-order valence-electron chi connectivity index (χ2n) is 8.14. The van der Waals surface area contributed by atoms with Gasteiger partial charge in [-0.15, -0.1) is 0 Å². The number of pyridine rings is 1. The minimum Gasteiger partial charge on any atom is -0.496 e. The predicted octanol–water partition coefficient (Wildman–Crippen LogP) is 4.46. The second-order valence-corrected chi connectivity index (χ2v) is 8.14. The number of methoxy groups -OCH3 is 2. The van der Waals surface area contributed by atoms with E-state index < -0.39 is 18.6 Å². The first-order chi connectivity index (χ1) is 17.1. The van der Waals surface area contributed by atoms with Crippen LogP contribution in [0.4, 0.5) is 19.0 Å². The van der Waals surface area contributed by atoms with E-state index in [-0.39, 0.29) is 17.1 Å². The van der Waals surface area contributed by atoms with Gasteiger partial charge in [0.25, 0.3) is 5.91 Å². The van der Waals surface area contributed by atoms with E-state index >= 15 is 0 Å². The molecule has 0 aliphatic carbocycles. The van der Waals surface area contributed by atoms with Crippen molar-refractivity contribution in [2.24, 2.45) is 0 Å². The maximum Gasteiger partial charge on any atom is 0.405 e. The molecule has 4 aromatic rings. The number of fused-ring (bicyclic) bond motifs is 1. The molecule has 2 aromatic carbocycles. The smallest absolute Gasteiger partial charge is 0.405 e. The first-order valence-corrected chi connectivity index (χ1v) is 10.8. The number of nitrogens with one attached hydrogen (secondary N) is 1. The van der Waals surface area contributed by atoms with Crippen molar-refractivity contribution in [3.63, 3.8) is 0 Å². The lowest BCUT2D eigenvalue weighted by molar-refractivity contribution is -0.123. The van der Waals surface area contributed by atoms with Crippen molar-refractivity contribution < 1.29 is 27.4 Å². The molecular formula is C25H24F3N5O3. The van der Waals surface area contributed by atoms with Gasteiger partial charge in [-0.3, -0.25) is 9.36 Å². The van der Waals surface area contributed by atoms with Gasteiger partial charge in [0.2, 0.25) is 0 Å². The molecule has 11 heteroatoms. The Morgan fingerprint density at radius 3 is 2.22 bits per heavy atom. The molecule has 0 saturated carbocycles. The predicted molar refractivity (Wildman–Crippen MR) is 130 cm³/mol. The van der Waals surface area contributed by atoms with Crippen LogP contribution in [0.25, 0.3) is 27.8 Å². The summed E-state index contributed by atoms with van der Waals surface area (Å²) in [7, 11) is 6.50. The van der Waals surface area contributed by atoms with Crippen LogP contribution in [0.5, 0.6) is 11.5 Å². The number of anilines is 1. The van der Waals surface area contributed by atoms with Gasteiger partial charge in [-0.1, -0.05) is 6.07 Å². The number of benzene rings is 2. The Balaban J connectivity index is 1.70. The van der Waals surface area contributed by atoms with Crippen molar-refractivity contribution in [1.29, 1.82) is 0 Å². The summed E-state index contributed by atoms with van der Waals surface area (Å²) in [5, 5.41) is 1.85. The molecule has 4 rings (SSSR count). The van der Waals surface area contributed by atoms with E-state index in [1.807, 2.05) is 54.6 Å². The average Bonchev–Trinajstić information content (AvgIpc) is 3.29. The van der Waals surface area contributed by atoms with Crippen molar-refractivity contribution in [2.75, 3.05) is 39.8 Å². The van der Waals surface area contributed by atoms with Crippen molar-refractivity contribution >= 4 is 22.8 Å². The van der Waals surface area contributed by atoms with E-state index in [9.17, 15) is 18.0 Å². The van der Waals surface area contributed by atoms with Gasteiger partial charge in [0.05, 0.1) is 30.9 Å². The number of alkyl halides is 3. The molecular weight excluding hydrogens is 475 g/mol. The first-order valence-electron chi connectivity index (χ1n) is 10.8. The van der Waals surface area contributed by atoms with Crippen molar-refractivity contribution in [3.8, 4) is 28.3 Å². The number of rotatable bonds is 7. The number of ether oxygens (including phenoxy) is 2. The van der Waals surface area contributed by atoms with Crippen LogP contribution in [-0.4, -0.2) is 61.5 Å². The SMILES string of the molecule is COc1cc(-n2cnc3cc(-c4ccc(N(C)C)nc4)ccc32)cc(OC)c1C(=O)NCC(F)(F)F. The molecule has 0 aliphatic rings. The molecule has 188 valence electrons. The Morgan fingerprint density at radius 2 is 1.67 bits per heavy atom. The Labute approximate surface area is 205 Å². The second kappa shape index (κ2) is 9.76. The molecule has 36 heavy (non-hydrogen) atoms. The highest BCUT2D eigenvalue weighted by Gasteiger charge is 2.30. The van der Waals surface area contributed by atoms with Gasteiger partial charge in [-0.05, 0) is 29.8 Å². The van der Waals surface area contributed by atoms with Crippen LogP contribution in [-0.2, 0) is 0 Å². The molecule has 1 amide bonds. The van der Waals surface area contributed by atoms with Crippen LogP contribution in [0.2, 0.25) is 0 Å². The van der Waals surface area contributed by atoms with Crippen LogP contribution in [0.15, 0.2) is 55.0 Å². The molecule has 0 saturated heterocycles. The number of hydrogen-bond donors (Lipinski definition) is 1. The van der Waals surface area contributed by atoms with Crippen LogP contribution < -0.4 is 19.7 Å². The van der Waals surface area contributed by atoms with E-state index in [1.165, 1.54) is 14.2 Å². The standard InChI is InChI=1S/C25H24F3N5O3/c1-32(2)22-8-6-16(12-29-22)15-5-7-19-18(9-15)31-14-33(19)17-10-20(35-3)23(21(11-17)36-4)24(34)30-13-25(26,27)28/h5-12,14H,13H2,1-4H3,(H,30,34). The molecule has 0 bridgehead atoms. The number of nitrogens with zero attached hydrogens (tertiary/aromatic N) is 4. The Kier molecular flexibility index (Phi) is 6.73. The highest BCUT2D eigenvalue weighted by Crippen LogP contribution is 2.34. The summed E-state index contributed by atoms with van der Waals surface area (Å²) >= 11 is 0. The summed E-state index contributed by atoms with van der Waals surface area (Å²) in [4.78, 5) is 23.4. The maximum atomic E-state index is 12.6. The van der Waals surface area contributed by atoms with E-state index in [4.69, 9.17) is 9.47 Å². The summed E-state index contributed by atoms with van der Waals surface area (Å²) in [6.07, 6.45) is -1.14. The van der Waals surface area contributed by atoms with Gasteiger partial charge in [0.15, 0.2) is 0 Å². The number of carbonyl (C=O) groups excluding carboxylic acids is 1. The van der Waals surface area contributed by atoms with E-state index in [0.29, 0.717) is 11.2 Å². The van der Waals surface area contributed by atoms with E-state index in [1.54, 1.807) is 29.2 Å². The molecule has 0 spiro atoms. The van der Waals surface area contributed by atoms with Crippen molar-refractivity contribution in [1.82, 2.24) is 19.9 Å². The minimum absolute atomic E-state index is 0.0644. The molecule has 2 heterocycles. The summed E-state index contributed by atoms with van der Waals surface area (Å²) in [6, 6.07) is 12.8. The quantitative estimate of drug-likeness (QED) is 0.404. The number of aromatic nitrogens is 3. The fraction of sp³-hybridized carbons (Fsp3) is 0.240. The molecule has 1 N–H and O–H groups in total. The molecule has 0 unspecified atom stereocenters. The van der Waals surface area contributed by atoms with Crippen LogP contribution in [0.3, 0.4) is 0 Å². The monoisotopic (exact) mass is 499 g/mol. The number of amides is 1. The van der Waals surface area contributed by atoms with Gasteiger partial charge in [-0.25, -0.2) is 9.97 Å². The third-order valence-electron chi connectivity index (χ3n) is 5.53. The summed E-state index contributed by atoms with van der Waals surface area (Å²) in [5.74, 6) is 0.0215. The zero-order valence-corrected chi connectivity index (χ0v) is 20.1. The van der Waals surface area contributed by atoms with Gasteiger partial charge in [0, 0.05) is 38.0 Å². The highest BCUT2D eigenvalue weighted by molar-refractivity contribution is 6.00. The van der Waals surface area contributed by atoms with Crippen molar-refractivity contribution in [2.45, 2.75) is 6.18 Å². The largest absolute Gasteiger partial charge is 0.496 e. The number of imidazole rings is 1. The topological polar surface area (TPSA) is 81.5 Å². The molecule has 0 atom stereocenters. The minimum atomic E-state index is -4.55. The lowest BCUT2D eigenvalue weighted by Gasteiger charge is -2.16. The van der Waals surface area contributed by atoms with Crippen molar-refractivity contribution in [3.05, 3.63) is 60.6 Å². The van der Waals surface area contributed by atoms with Gasteiger partial charge >= 0.3 is 6.18 Å². The fourth-order valence-corrected chi connectivity index (χ4v) is 3.75. The van der Waals surface area contributed by atoms with Crippen LogP contribution >= 0.6 is 0 Å². The molecule has 0 aliphatic heterocycles. The lowest BCUT2D eigenvalue weighted by Crippen LogP contribution is -2.34. The normalized spacial score (nSPS) is 11.4. The zero-order valence-electron chi connectivity index (χ0n) is 20.1. The number of hydrogen-bond acceptors (Lipinski definition) is 6. The number of carbonyl (C=O) groups is 1. The molecule has 0 fully saturated rings. The Bertz CT molecular complexity index is 1370. The highest BCUT2D eigenvalue weighted by atomic mass is 19.4. The molecule has 2 aromatic heterocycles. The summed E-state index contributed by atoms with van der Waals surface area (Å²) < 4.78 is 50.2. The maximum absolute atomic E-state index is 12.6. The molecule has 8 nitrogen and oxygen atoms in total. The zero-order chi connectivity index (χ0) is 26.0. The fourth-order valence-electron chi connectivity index (χ4n) is 3.75. The number of halogens is 3. The summed E-state index contributed by atoms with van der Waals surface area (Å²) in [6.45, 7) is -1.47. The van der Waals surface area contributed by atoms with Gasteiger partial charge < -0.3 is 19.7 Å². The van der Waals surface area contributed by atoms with E-state index in [2.05, 4.69) is 9.97 Å². The average molecular weight is 499 g/mol. The third kappa shape index (κ3) is 5.04. The Hall–Kier alpha value is -4.28. The first kappa shape index (κ1) is 24.8. The van der Waals surface area contributed by atoms with Crippen LogP contribution in [0, 0.1) is 0 Å². The summed E-state index contributed by atoms with van der Waals surface area (Å²) in [5.41, 5.74) is 3.80.